The van der Waals surface area contributed by atoms with Gasteiger partial charge in [-0.3, -0.25) is 9.48 Å². The molecule has 198 valence electrons. The van der Waals surface area contributed by atoms with E-state index in [1.165, 1.54) is 11.1 Å². The zero-order valence-corrected chi connectivity index (χ0v) is 23.3. The van der Waals surface area contributed by atoms with Crippen molar-refractivity contribution >= 4 is 5.91 Å². The van der Waals surface area contributed by atoms with Gasteiger partial charge in [-0.1, -0.05) is 48.5 Å². The van der Waals surface area contributed by atoms with Gasteiger partial charge in [0.1, 0.15) is 11.8 Å². The average Bonchev–Trinajstić information content (AvgIpc) is 3.18. The van der Waals surface area contributed by atoms with Crippen molar-refractivity contribution in [2.45, 2.75) is 40.3 Å². The number of hydrogen-bond donors (Lipinski definition) is 1. The minimum Gasteiger partial charge on any atom is -0.508 e. The minimum absolute atomic E-state index is 0.0290. The highest BCUT2D eigenvalue weighted by Gasteiger charge is 2.25. The summed E-state index contributed by atoms with van der Waals surface area (Å²) in [6.45, 7) is 10.3. The Kier molecular flexibility index (Phi) is 8.32. The fraction of sp³-hybridized carbons (Fsp3) is 0.312. The van der Waals surface area contributed by atoms with Crippen LogP contribution in [0.15, 0.2) is 72.8 Å². The second kappa shape index (κ2) is 11.7. The number of aromatic nitrogens is 2. The number of amides is 1. The third kappa shape index (κ3) is 5.50. The first-order chi connectivity index (χ1) is 18.2. The molecule has 0 fully saturated rings. The Morgan fingerprint density at radius 1 is 0.921 bits per heavy atom. The van der Waals surface area contributed by atoms with Crippen LogP contribution in [0.1, 0.15) is 58.3 Å². The van der Waals surface area contributed by atoms with Gasteiger partial charge in [0.05, 0.1) is 5.69 Å². The van der Waals surface area contributed by atoms with Crippen molar-refractivity contribution in [1.29, 1.82) is 0 Å². The van der Waals surface area contributed by atoms with E-state index >= 15 is 0 Å². The van der Waals surface area contributed by atoms with Crippen molar-refractivity contribution in [1.82, 2.24) is 19.6 Å². The van der Waals surface area contributed by atoms with Crippen LogP contribution in [0.5, 0.6) is 5.75 Å². The molecule has 0 aliphatic heterocycles. The third-order valence-electron chi connectivity index (χ3n) is 7.05. The first-order valence-corrected chi connectivity index (χ1v) is 13.2. The predicted octanol–water partition coefficient (Wildman–Crippen LogP) is 6.05. The van der Waals surface area contributed by atoms with Gasteiger partial charge >= 0.3 is 0 Å². The summed E-state index contributed by atoms with van der Waals surface area (Å²) < 4.78 is 2.05. The lowest BCUT2D eigenvalue weighted by atomic mass is 9.95. The SMILES string of the molecule is CCN(CC)C(=O)c1ccc(C(c2cccc(O)c2)n2nc(C)c(-c3ccccc3CN(C)C)c2C)cc1. The van der Waals surface area contributed by atoms with Gasteiger partial charge in [-0.15, -0.1) is 0 Å². The molecule has 1 amide bonds. The minimum atomic E-state index is -0.270. The van der Waals surface area contributed by atoms with Gasteiger partial charge in [0.2, 0.25) is 0 Å². The lowest BCUT2D eigenvalue weighted by Crippen LogP contribution is -2.30. The highest BCUT2D eigenvalue weighted by molar-refractivity contribution is 5.94. The number of aryl methyl sites for hydroxylation is 1. The van der Waals surface area contributed by atoms with Crippen LogP contribution in [0.25, 0.3) is 11.1 Å². The normalized spacial score (nSPS) is 12.1. The molecule has 6 nitrogen and oxygen atoms in total. The molecule has 0 saturated heterocycles. The molecular weight excluding hydrogens is 472 g/mol. The van der Waals surface area contributed by atoms with E-state index in [-0.39, 0.29) is 17.7 Å². The highest BCUT2D eigenvalue weighted by atomic mass is 16.3. The van der Waals surface area contributed by atoms with E-state index in [1.807, 2.05) is 59.8 Å². The Hall–Kier alpha value is -3.90. The van der Waals surface area contributed by atoms with Crippen LogP contribution >= 0.6 is 0 Å². The van der Waals surface area contributed by atoms with Crippen LogP contribution in [0.2, 0.25) is 0 Å². The van der Waals surface area contributed by atoms with Gasteiger partial charge in [-0.05, 0) is 88.3 Å². The Bertz CT molecular complexity index is 1400. The van der Waals surface area contributed by atoms with Gasteiger partial charge in [0, 0.05) is 36.5 Å². The molecule has 0 bridgehead atoms. The first kappa shape index (κ1) is 27.1. The maximum absolute atomic E-state index is 12.9. The lowest BCUT2D eigenvalue weighted by Gasteiger charge is -2.22. The van der Waals surface area contributed by atoms with E-state index in [2.05, 4.69) is 57.1 Å². The summed E-state index contributed by atoms with van der Waals surface area (Å²) >= 11 is 0. The summed E-state index contributed by atoms with van der Waals surface area (Å²) in [5.74, 6) is 0.236. The van der Waals surface area contributed by atoms with E-state index in [0.717, 1.165) is 34.6 Å². The van der Waals surface area contributed by atoms with Gasteiger partial charge in [-0.25, -0.2) is 0 Å². The molecule has 0 aliphatic carbocycles. The monoisotopic (exact) mass is 510 g/mol. The Balaban J connectivity index is 1.84. The van der Waals surface area contributed by atoms with Crippen LogP contribution < -0.4 is 0 Å². The van der Waals surface area contributed by atoms with Crippen LogP contribution in [-0.4, -0.2) is 57.8 Å². The maximum atomic E-state index is 12.9. The second-order valence-electron chi connectivity index (χ2n) is 9.98. The van der Waals surface area contributed by atoms with E-state index in [4.69, 9.17) is 5.10 Å². The molecule has 0 saturated carbocycles. The fourth-order valence-electron chi connectivity index (χ4n) is 5.22. The van der Waals surface area contributed by atoms with Gasteiger partial charge < -0.3 is 14.9 Å². The smallest absolute Gasteiger partial charge is 0.253 e. The molecule has 38 heavy (non-hydrogen) atoms. The second-order valence-corrected chi connectivity index (χ2v) is 9.98. The third-order valence-corrected chi connectivity index (χ3v) is 7.05. The van der Waals surface area contributed by atoms with Crippen molar-refractivity contribution in [3.63, 3.8) is 0 Å². The van der Waals surface area contributed by atoms with Gasteiger partial charge in [0.15, 0.2) is 0 Å². The topological polar surface area (TPSA) is 61.6 Å². The number of rotatable bonds is 9. The van der Waals surface area contributed by atoms with Gasteiger partial charge in [0.25, 0.3) is 5.91 Å². The standard InChI is InChI=1S/C32H38N4O2/c1-7-35(8-2)32(38)25-18-16-24(17-19-25)31(26-13-11-14-28(37)20-26)36-23(4)30(22(3)33-36)29-15-10-9-12-27(29)21-34(5)6/h9-20,31,37H,7-8,21H2,1-6H3. The van der Waals surface area contributed by atoms with Crippen molar-refractivity contribution in [3.8, 4) is 16.9 Å². The maximum Gasteiger partial charge on any atom is 0.253 e. The molecule has 1 unspecified atom stereocenters. The molecule has 1 atom stereocenters. The number of carbonyl (C=O) groups excluding carboxylic acids is 1. The molecule has 0 spiro atoms. The first-order valence-electron chi connectivity index (χ1n) is 13.2. The van der Waals surface area contributed by atoms with Crippen LogP contribution in [0.3, 0.4) is 0 Å². The number of phenols is 1. The summed E-state index contributed by atoms with van der Waals surface area (Å²) in [6.07, 6.45) is 0. The Morgan fingerprint density at radius 2 is 1.61 bits per heavy atom. The van der Waals surface area contributed by atoms with E-state index in [9.17, 15) is 9.90 Å². The lowest BCUT2D eigenvalue weighted by molar-refractivity contribution is 0.0773. The zero-order chi connectivity index (χ0) is 27.4. The number of nitrogens with zero attached hydrogens (tertiary/aromatic N) is 4. The van der Waals surface area contributed by atoms with Crippen LogP contribution in [0.4, 0.5) is 0 Å². The fourth-order valence-corrected chi connectivity index (χ4v) is 5.22. The van der Waals surface area contributed by atoms with E-state index in [0.29, 0.717) is 18.7 Å². The van der Waals surface area contributed by atoms with Crippen molar-refractivity contribution < 1.29 is 9.90 Å². The van der Waals surface area contributed by atoms with Crippen molar-refractivity contribution in [2.24, 2.45) is 0 Å². The molecule has 0 aliphatic rings. The Morgan fingerprint density at radius 3 is 2.24 bits per heavy atom. The Labute approximate surface area is 226 Å². The molecule has 1 aromatic heterocycles. The number of benzene rings is 3. The quantitative estimate of drug-likeness (QED) is 0.298. The molecule has 1 heterocycles. The van der Waals surface area contributed by atoms with Crippen LogP contribution in [0, 0.1) is 13.8 Å². The molecule has 6 heteroatoms. The number of hydrogen-bond acceptors (Lipinski definition) is 4. The summed E-state index contributed by atoms with van der Waals surface area (Å²) in [5.41, 5.74) is 8.13. The number of carbonyl (C=O) groups is 1. The highest BCUT2D eigenvalue weighted by Crippen LogP contribution is 2.36. The number of aromatic hydroxyl groups is 1. The van der Waals surface area contributed by atoms with E-state index in [1.54, 1.807) is 12.1 Å². The van der Waals surface area contributed by atoms with Gasteiger partial charge in [-0.2, -0.15) is 5.10 Å². The van der Waals surface area contributed by atoms with Crippen LogP contribution in [-0.2, 0) is 6.54 Å². The molecule has 0 radical (unpaired) electrons. The summed E-state index contributed by atoms with van der Waals surface area (Å²) in [5, 5.41) is 15.4. The zero-order valence-electron chi connectivity index (χ0n) is 23.3. The predicted molar refractivity (Wildman–Crippen MR) is 154 cm³/mol. The molecule has 1 N–H and O–H groups in total. The van der Waals surface area contributed by atoms with Crippen molar-refractivity contribution in [2.75, 3.05) is 27.2 Å². The van der Waals surface area contributed by atoms with Crippen molar-refractivity contribution in [3.05, 3.63) is 106 Å². The molecule has 3 aromatic carbocycles. The summed E-state index contributed by atoms with van der Waals surface area (Å²) in [7, 11) is 4.15. The largest absolute Gasteiger partial charge is 0.508 e. The molecular formula is C32H38N4O2. The van der Waals surface area contributed by atoms with E-state index < -0.39 is 0 Å². The summed E-state index contributed by atoms with van der Waals surface area (Å²) in [4.78, 5) is 16.9. The summed E-state index contributed by atoms with van der Waals surface area (Å²) in [6, 6.07) is 23.3. The average molecular weight is 511 g/mol. The number of phenolic OH excluding ortho intramolecular Hbond substituents is 1. The molecule has 4 aromatic rings. The molecule has 4 rings (SSSR count).